The van der Waals surface area contributed by atoms with Crippen molar-refractivity contribution in [3.8, 4) is 22.3 Å². The highest BCUT2D eigenvalue weighted by Crippen LogP contribution is 2.49. The maximum atomic E-state index is 6.78. The molecular formula is C64H48N2OS. The molecule has 0 N–H and O–H groups in total. The minimum absolute atomic E-state index is 0.468. The molecule has 326 valence electrons. The Morgan fingerprint density at radius 1 is 0.485 bits per heavy atom. The Morgan fingerprint density at radius 3 is 1.99 bits per heavy atom. The predicted molar refractivity (Wildman–Crippen MR) is 291 cm³/mol. The SMILES string of the molecule is CC1C=CC(N(c2ccccc2)c2ccc3c(c2)c2ccccc2c2c4ccc(-c5ccc(N(c6ccccc6-c6ccccc6)c6cccc7c8c(oc67)C=CC(C)C8)cc5)cc4sc32)=CC1. The summed E-state index contributed by atoms with van der Waals surface area (Å²) in [6.07, 6.45) is 13.4. The highest BCUT2D eigenvalue weighted by molar-refractivity contribution is 7.27. The maximum absolute atomic E-state index is 6.78. The lowest BCUT2D eigenvalue weighted by Crippen LogP contribution is -2.17. The Bertz CT molecular complexity index is 3840. The van der Waals surface area contributed by atoms with Gasteiger partial charge in [0, 0.05) is 64.8 Å². The summed E-state index contributed by atoms with van der Waals surface area (Å²) >= 11 is 1.91. The summed E-state index contributed by atoms with van der Waals surface area (Å²) in [5.74, 6) is 1.98. The number of furan rings is 1. The molecule has 68 heavy (non-hydrogen) atoms. The van der Waals surface area contributed by atoms with Crippen molar-refractivity contribution in [2.24, 2.45) is 11.8 Å². The molecule has 0 fully saturated rings. The number of fused-ring (bicyclic) bond motifs is 11. The molecule has 4 heteroatoms. The monoisotopic (exact) mass is 892 g/mol. The van der Waals surface area contributed by atoms with Gasteiger partial charge >= 0.3 is 0 Å². The van der Waals surface area contributed by atoms with Crippen molar-refractivity contribution in [3.63, 3.8) is 0 Å². The van der Waals surface area contributed by atoms with Crippen molar-refractivity contribution >= 4 is 98.5 Å². The van der Waals surface area contributed by atoms with Crippen molar-refractivity contribution in [2.45, 2.75) is 26.7 Å². The van der Waals surface area contributed by atoms with Crippen molar-refractivity contribution in [1.29, 1.82) is 0 Å². The topological polar surface area (TPSA) is 19.6 Å². The molecule has 11 aromatic rings. The molecular weight excluding hydrogens is 845 g/mol. The van der Waals surface area contributed by atoms with Gasteiger partial charge in [0.1, 0.15) is 5.76 Å². The van der Waals surface area contributed by atoms with Crippen LogP contribution in [-0.4, -0.2) is 0 Å². The molecule has 0 saturated carbocycles. The van der Waals surface area contributed by atoms with Crippen LogP contribution in [0.2, 0.25) is 0 Å². The van der Waals surface area contributed by atoms with Crippen molar-refractivity contribution in [2.75, 3.05) is 9.80 Å². The van der Waals surface area contributed by atoms with E-state index in [4.69, 9.17) is 4.42 Å². The number of para-hydroxylation sites is 3. The van der Waals surface area contributed by atoms with Gasteiger partial charge in [0.15, 0.2) is 5.58 Å². The summed E-state index contributed by atoms with van der Waals surface area (Å²) in [7, 11) is 0. The summed E-state index contributed by atoms with van der Waals surface area (Å²) in [6.45, 7) is 4.56. The summed E-state index contributed by atoms with van der Waals surface area (Å²) in [6, 6.07) is 69.0. The highest BCUT2D eigenvalue weighted by atomic mass is 32.1. The zero-order valence-electron chi connectivity index (χ0n) is 38.1. The van der Waals surface area contributed by atoms with E-state index >= 15 is 0 Å². The Hall–Kier alpha value is -7.92. The predicted octanol–water partition coefficient (Wildman–Crippen LogP) is 18.7. The zero-order valence-corrected chi connectivity index (χ0v) is 38.9. The summed E-state index contributed by atoms with van der Waals surface area (Å²) in [4.78, 5) is 4.79. The lowest BCUT2D eigenvalue weighted by atomic mass is 9.93. The van der Waals surface area contributed by atoms with Gasteiger partial charge < -0.3 is 14.2 Å². The van der Waals surface area contributed by atoms with Crippen LogP contribution in [0.25, 0.3) is 81.0 Å². The Morgan fingerprint density at radius 2 is 1.16 bits per heavy atom. The Kier molecular flexibility index (Phi) is 9.76. The van der Waals surface area contributed by atoms with Crippen LogP contribution in [0.1, 0.15) is 31.6 Å². The number of hydrogen-bond acceptors (Lipinski definition) is 4. The van der Waals surface area contributed by atoms with Gasteiger partial charge in [-0.15, -0.1) is 11.3 Å². The number of anilines is 5. The van der Waals surface area contributed by atoms with Gasteiger partial charge in [-0.1, -0.05) is 166 Å². The molecule has 3 nitrogen and oxygen atoms in total. The van der Waals surface area contributed by atoms with E-state index in [9.17, 15) is 0 Å². The molecule has 13 rings (SSSR count). The number of benzene rings is 9. The average molecular weight is 893 g/mol. The number of nitrogens with zero attached hydrogens (tertiary/aromatic N) is 2. The molecule has 0 spiro atoms. The molecule has 9 aromatic carbocycles. The molecule has 0 radical (unpaired) electrons. The molecule has 2 aliphatic rings. The van der Waals surface area contributed by atoms with Crippen LogP contribution in [0.4, 0.5) is 28.4 Å². The first-order valence-electron chi connectivity index (χ1n) is 23.9. The van der Waals surface area contributed by atoms with E-state index in [1.165, 1.54) is 80.7 Å². The molecule has 0 amide bonds. The summed E-state index contributed by atoms with van der Waals surface area (Å²) in [5, 5.41) is 8.95. The van der Waals surface area contributed by atoms with Gasteiger partial charge in [-0.05, 0) is 124 Å². The molecule has 0 bridgehead atoms. The van der Waals surface area contributed by atoms with Gasteiger partial charge in [-0.2, -0.15) is 0 Å². The minimum atomic E-state index is 0.468. The molecule has 2 heterocycles. The molecule has 2 unspecified atom stereocenters. The second-order valence-corrected chi connectivity index (χ2v) is 19.6. The van der Waals surface area contributed by atoms with E-state index in [0.717, 1.165) is 52.5 Å². The highest BCUT2D eigenvalue weighted by Gasteiger charge is 2.26. The first-order valence-corrected chi connectivity index (χ1v) is 24.7. The van der Waals surface area contributed by atoms with Gasteiger partial charge in [-0.3, -0.25) is 0 Å². The minimum Gasteiger partial charge on any atom is -0.454 e. The normalized spacial score (nSPS) is 15.6. The lowest BCUT2D eigenvalue weighted by Gasteiger charge is -2.29. The summed E-state index contributed by atoms with van der Waals surface area (Å²) < 4.78 is 9.40. The Labute approximate surface area is 400 Å². The van der Waals surface area contributed by atoms with Crippen molar-refractivity contribution in [3.05, 3.63) is 229 Å². The number of allylic oxidation sites excluding steroid dienone is 4. The van der Waals surface area contributed by atoms with E-state index < -0.39 is 0 Å². The fourth-order valence-electron chi connectivity index (χ4n) is 10.7. The standard InChI is InChI=1S/C64H48N2OS/c1-41-24-30-47(31-25-41)65(46-16-7-4-8-17-46)49-34-36-54-56(40-49)51-19-9-10-20-52(51)62-55-35-29-45(39-61(55)68-64(54)62)43-27-32-48(33-28-43)66(58-22-12-11-18-50(58)44-14-5-3-6-15-44)59-23-13-21-53-57-38-42(2)26-37-60(57)67-63(53)59/h3-24,26-37,39-42H,25,38H2,1-2H3. The quantitative estimate of drug-likeness (QED) is 0.142. The van der Waals surface area contributed by atoms with E-state index in [0.29, 0.717) is 11.8 Å². The van der Waals surface area contributed by atoms with Crippen LogP contribution in [0, 0.1) is 11.8 Å². The number of thiophene rings is 1. The molecule has 2 atom stereocenters. The second kappa shape index (κ2) is 16.4. The first-order chi connectivity index (χ1) is 33.5. The van der Waals surface area contributed by atoms with Crippen LogP contribution in [0.5, 0.6) is 0 Å². The molecule has 0 saturated heterocycles. The van der Waals surface area contributed by atoms with Gasteiger partial charge in [-0.25, -0.2) is 0 Å². The van der Waals surface area contributed by atoms with Crippen LogP contribution in [-0.2, 0) is 6.42 Å². The van der Waals surface area contributed by atoms with E-state index in [1.54, 1.807) is 0 Å². The zero-order chi connectivity index (χ0) is 45.3. The van der Waals surface area contributed by atoms with Gasteiger partial charge in [0.2, 0.25) is 0 Å². The average Bonchev–Trinajstić information content (AvgIpc) is 3.97. The smallest absolute Gasteiger partial charge is 0.159 e. The third-order valence-corrected chi connectivity index (χ3v) is 15.3. The molecule has 0 aliphatic heterocycles. The van der Waals surface area contributed by atoms with E-state index in [2.05, 4.69) is 242 Å². The third-order valence-electron chi connectivity index (χ3n) is 14.1. The Balaban J connectivity index is 0.924. The number of rotatable bonds is 8. The van der Waals surface area contributed by atoms with Crippen molar-refractivity contribution in [1.82, 2.24) is 0 Å². The van der Waals surface area contributed by atoms with Crippen molar-refractivity contribution < 1.29 is 4.42 Å². The van der Waals surface area contributed by atoms with Gasteiger partial charge in [0.05, 0.1) is 11.4 Å². The summed E-state index contributed by atoms with van der Waals surface area (Å²) in [5.41, 5.74) is 13.6. The van der Waals surface area contributed by atoms with Crippen LogP contribution in [0.15, 0.2) is 222 Å². The second-order valence-electron chi connectivity index (χ2n) is 18.6. The van der Waals surface area contributed by atoms with Crippen LogP contribution >= 0.6 is 11.3 Å². The molecule has 2 aliphatic carbocycles. The first kappa shape index (κ1) is 40.4. The van der Waals surface area contributed by atoms with Crippen LogP contribution in [0.3, 0.4) is 0 Å². The molecule has 2 aromatic heterocycles. The van der Waals surface area contributed by atoms with E-state index in [1.807, 2.05) is 11.3 Å². The number of hydrogen-bond donors (Lipinski definition) is 0. The maximum Gasteiger partial charge on any atom is 0.159 e. The van der Waals surface area contributed by atoms with Crippen LogP contribution < -0.4 is 9.80 Å². The third kappa shape index (κ3) is 6.78. The van der Waals surface area contributed by atoms with Gasteiger partial charge in [0.25, 0.3) is 0 Å². The lowest BCUT2D eigenvalue weighted by molar-refractivity contribution is 0.584. The van der Waals surface area contributed by atoms with E-state index in [-0.39, 0.29) is 0 Å². The fourth-order valence-corrected chi connectivity index (χ4v) is 12.0. The largest absolute Gasteiger partial charge is 0.454 e. The fraction of sp³-hybridized carbons (Fsp3) is 0.0938.